The van der Waals surface area contributed by atoms with Gasteiger partial charge in [0.05, 0.1) is 0 Å². The third-order valence-electron chi connectivity index (χ3n) is 4.63. The second-order valence-corrected chi connectivity index (χ2v) is 7.80. The minimum atomic E-state index is -0.300. The van der Waals surface area contributed by atoms with E-state index in [2.05, 4.69) is 10.6 Å². The van der Waals surface area contributed by atoms with Crippen LogP contribution in [0.4, 0.5) is 0 Å². The molecule has 0 radical (unpaired) electrons. The fraction of sp³-hybridized carbons (Fsp3) is 0.167. The molecule has 0 aliphatic rings. The number of benzene rings is 2. The molecule has 2 amide bonds. The molecular weight excluding hydrogens is 380 g/mol. The van der Waals surface area contributed by atoms with E-state index in [-0.39, 0.29) is 17.5 Å². The van der Waals surface area contributed by atoms with Crippen molar-refractivity contribution >= 4 is 29.2 Å². The van der Waals surface area contributed by atoms with E-state index in [1.165, 1.54) is 11.3 Å². The number of aryl methyl sites for hydroxylation is 2. The van der Waals surface area contributed by atoms with Crippen LogP contribution in [0.3, 0.4) is 0 Å². The summed E-state index contributed by atoms with van der Waals surface area (Å²) >= 11 is 1.51. The van der Waals surface area contributed by atoms with Crippen molar-refractivity contribution in [1.29, 1.82) is 0 Å². The highest BCUT2D eigenvalue weighted by atomic mass is 32.1. The van der Waals surface area contributed by atoms with Crippen molar-refractivity contribution in [2.45, 2.75) is 20.3 Å². The Hall–Kier alpha value is -3.18. The normalized spacial score (nSPS) is 11.2. The third kappa shape index (κ3) is 5.90. The van der Waals surface area contributed by atoms with E-state index in [0.717, 1.165) is 28.0 Å². The van der Waals surface area contributed by atoms with Crippen LogP contribution in [-0.4, -0.2) is 18.4 Å². The lowest BCUT2D eigenvalue weighted by Gasteiger charge is -2.12. The maximum atomic E-state index is 12.8. The molecule has 0 spiro atoms. The molecule has 0 atom stereocenters. The molecule has 1 aromatic heterocycles. The Morgan fingerprint density at radius 3 is 2.45 bits per heavy atom. The summed E-state index contributed by atoms with van der Waals surface area (Å²) in [4.78, 5) is 26.4. The maximum absolute atomic E-state index is 12.8. The number of amides is 2. The van der Waals surface area contributed by atoms with Gasteiger partial charge in [0.15, 0.2) is 0 Å². The van der Waals surface area contributed by atoms with E-state index in [4.69, 9.17) is 0 Å². The topological polar surface area (TPSA) is 58.2 Å². The van der Waals surface area contributed by atoms with Crippen molar-refractivity contribution in [2.75, 3.05) is 6.54 Å². The van der Waals surface area contributed by atoms with Crippen LogP contribution in [0.5, 0.6) is 0 Å². The van der Waals surface area contributed by atoms with Crippen molar-refractivity contribution in [3.05, 3.63) is 98.9 Å². The van der Waals surface area contributed by atoms with Gasteiger partial charge in [-0.05, 0) is 66.6 Å². The molecule has 0 saturated heterocycles. The van der Waals surface area contributed by atoms with E-state index in [0.29, 0.717) is 12.1 Å². The molecule has 3 rings (SSSR count). The summed E-state index contributed by atoms with van der Waals surface area (Å²) < 4.78 is 0. The van der Waals surface area contributed by atoms with Crippen LogP contribution in [0.15, 0.2) is 71.7 Å². The van der Waals surface area contributed by atoms with Gasteiger partial charge < -0.3 is 10.6 Å². The van der Waals surface area contributed by atoms with Gasteiger partial charge in [0.2, 0.25) is 0 Å². The Morgan fingerprint density at radius 1 is 0.966 bits per heavy atom. The average molecular weight is 405 g/mol. The van der Waals surface area contributed by atoms with Gasteiger partial charge in [-0.2, -0.15) is 0 Å². The molecule has 0 aliphatic heterocycles. The fourth-order valence-electron chi connectivity index (χ4n) is 2.81. The summed E-state index contributed by atoms with van der Waals surface area (Å²) in [5.41, 5.74) is 4.07. The van der Waals surface area contributed by atoms with E-state index < -0.39 is 0 Å². The maximum Gasteiger partial charge on any atom is 0.267 e. The number of carbonyl (C=O) groups is 2. The van der Waals surface area contributed by atoms with E-state index in [1.807, 2.05) is 73.8 Å². The molecule has 0 saturated carbocycles. The molecule has 29 heavy (non-hydrogen) atoms. The zero-order valence-corrected chi connectivity index (χ0v) is 17.4. The van der Waals surface area contributed by atoms with Crippen molar-refractivity contribution in [3.63, 3.8) is 0 Å². The number of rotatable bonds is 7. The van der Waals surface area contributed by atoms with Gasteiger partial charge >= 0.3 is 0 Å². The van der Waals surface area contributed by atoms with Gasteiger partial charge in [-0.15, -0.1) is 11.3 Å². The monoisotopic (exact) mass is 404 g/mol. The lowest BCUT2D eigenvalue weighted by atomic mass is 10.1. The zero-order chi connectivity index (χ0) is 20.6. The molecule has 0 bridgehead atoms. The van der Waals surface area contributed by atoms with Crippen LogP contribution < -0.4 is 10.6 Å². The lowest BCUT2D eigenvalue weighted by Crippen LogP contribution is -2.35. The van der Waals surface area contributed by atoms with Crippen molar-refractivity contribution in [3.8, 4) is 0 Å². The first-order chi connectivity index (χ1) is 14.0. The smallest absolute Gasteiger partial charge is 0.267 e. The second kappa shape index (κ2) is 9.85. The SMILES string of the molecule is Cc1ccc(C(=O)NC(=Cc2cccs2)C(=O)NCCc2ccccc2)cc1C. The predicted molar refractivity (Wildman–Crippen MR) is 119 cm³/mol. The summed E-state index contributed by atoms with van der Waals surface area (Å²) in [7, 11) is 0. The van der Waals surface area contributed by atoms with E-state index in [1.54, 1.807) is 12.1 Å². The predicted octanol–water partition coefficient (Wildman–Crippen LogP) is 4.49. The number of carbonyl (C=O) groups excluding carboxylic acids is 2. The molecular formula is C24H24N2O2S. The standard InChI is InChI=1S/C24H24N2O2S/c1-17-10-11-20(15-18(17)2)23(27)26-22(16-21-9-6-14-29-21)24(28)25-13-12-19-7-4-3-5-8-19/h3-11,14-16H,12-13H2,1-2H3,(H,25,28)(H,26,27). The Labute approximate surface area is 175 Å². The average Bonchev–Trinajstić information content (AvgIpc) is 3.23. The molecule has 0 aliphatic carbocycles. The first-order valence-corrected chi connectivity index (χ1v) is 10.4. The molecule has 2 aromatic carbocycles. The summed E-state index contributed by atoms with van der Waals surface area (Å²) in [6.45, 7) is 4.45. The summed E-state index contributed by atoms with van der Waals surface area (Å²) in [5, 5.41) is 7.62. The highest BCUT2D eigenvalue weighted by Gasteiger charge is 2.15. The molecule has 4 nitrogen and oxygen atoms in total. The molecule has 1 heterocycles. The molecule has 148 valence electrons. The minimum Gasteiger partial charge on any atom is -0.350 e. The van der Waals surface area contributed by atoms with Crippen LogP contribution >= 0.6 is 11.3 Å². The molecule has 5 heteroatoms. The van der Waals surface area contributed by atoms with Gasteiger partial charge in [0.1, 0.15) is 5.70 Å². The van der Waals surface area contributed by atoms with Gasteiger partial charge in [0, 0.05) is 17.0 Å². The first-order valence-electron chi connectivity index (χ1n) is 9.49. The minimum absolute atomic E-state index is 0.240. The van der Waals surface area contributed by atoms with Gasteiger partial charge in [-0.1, -0.05) is 42.5 Å². The van der Waals surface area contributed by atoms with Crippen LogP contribution in [-0.2, 0) is 11.2 Å². The van der Waals surface area contributed by atoms with Crippen LogP contribution in [0.25, 0.3) is 6.08 Å². The molecule has 3 aromatic rings. The van der Waals surface area contributed by atoms with Gasteiger partial charge in [-0.3, -0.25) is 9.59 Å². The highest BCUT2D eigenvalue weighted by molar-refractivity contribution is 7.10. The van der Waals surface area contributed by atoms with Crippen LogP contribution in [0.2, 0.25) is 0 Å². The number of hydrogen-bond acceptors (Lipinski definition) is 3. The lowest BCUT2D eigenvalue weighted by molar-refractivity contribution is -0.117. The number of nitrogens with one attached hydrogen (secondary N) is 2. The van der Waals surface area contributed by atoms with Crippen molar-refractivity contribution < 1.29 is 9.59 Å². The third-order valence-corrected chi connectivity index (χ3v) is 5.45. The fourth-order valence-corrected chi connectivity index (χ4v) is 3.47. The quantitative estimate of drug-likeness (QED) is 0.570. The first kappa shape index (κ1) is 20.6. The largest absolute Gasteiger partial charge is 0.350 e. The Kier molecular flexibility index (Phi) is 6.98. The van der Waals surface area contributed by atoms with E-state index in [9.17, 15) is 9.59 Å². The van der Waals surface area contributed by atoms with Crippen molar-refractivity contribution in [2.24, 2.45) is 0 Å². The Bertz CT molecular complexity index is 1010. The van der Waals surface area contributed by atoms with Crippen molar-refractivity contribution in [1.82, 2.24) is 10.6 Å². The van der Waals surface area contributed by atoms with E-state index >= 15 is 0 Å². The number of hydrogen-bond donors (Lipinski definition) is 2. The number of thiophene rings is 1. The molecule has 2 N–H and O–H groups in total. The Morgan fingerprint density at radius 2 is 1.76 bits per heavy atom. The summed E-state index contributed by atoms with van der Waals surface area (Å²) in [5.74, 6) is -0.597. The summed E-state index contributed by atoms with van der Waals surface area (Å²) in [6.07, 6.45) is 2.44. The molecule has 0 unspecified atom stereocenters. The second-order valence-electron chi connectivity index (χ2n) is 6.82. The Balaban J connectivity index is 1.71. The van der Waals surface area contributed by atoms with Crippen LogP contribution in [0, 0.1) is 13.8 Å². The van der Waals surface area contributed by atoms with Crippen LogP contribution in [0.1, 0.15) is 31.9 Å². The van der Waals surface area contributed by atoms with Gasteiger partial charge in [0.25, 0.3) is 11.8 Å². The van der Waals surface area contributed by atoms with Gasteiger partial charge in [-0.25, -0.2) is 0 Å². The zero-order valence-electron chi connectivity index (χ0n) is 16.6. The molecule has 0 fully saturated rings. The highest BCUT2D eigenvalue weighted by Crippen LogP contribution is 2.14. The summed E-state index contributed by atoms with van der Waals surface area (Å²) in [6, 6.07) is 19.3.